The molecule has 2 nitrogen and oxygen atoms in total. The van der Waals surface area contributed by atoms with E-state index < -0.39 is 0 Å². The van der Waals surface area contributed by atoms with Crippen molar-refractivity contribution in [3.63, 3.8) is 0 Å². The Kier molecular flexibility index (Phi) is 6.62. The van der Waals surface area contributed by atoms with Crippen LogP contribution in [0.25, 0.3) is 11.1 Å². The van der Waals surface area contributed by atoms with Gasteiger partial charge in [0.2, 0.25) is 5.91 Å². The summed E-state index contributed by atoms with van der Waals surface area (Å²) in [7, 11) is 0. The third-order valence-corrected chi connectivity index (χ3v) is 4.57. The topological polar surface area (TPSA) is 29.1 Å². The second-order valence-electron chi connectivity index (χ2n) is 5.87. The fourth-order valence-electron chi connectivity index (χ4n) is 2.97. The van der Waals surface area contributed by atoms with Crippen molar-refractivity contribution in [3.8, 4) is 11.1 Å². The van der Waals surface area contributed by atoms with Crippen LogP contribution < -0.4 is 5.32 Å². The molecule has 0 saturated carbocycles. The molecule has 1 N–H and O–H groups in total. The molecule has 2 aromatic carbocycles. The van der Waals surface area contributed by atoms with Gasteiger partial charge in [-0.1, -0.05) is 56.3 Å². The van der Waals surface area contributed by atoms with Gasteiger partial charge in [0.05, 0.1) is 0 Å². The molecule has 2 aromatic rings. The highest BCUT2D eigenvalue weighted by molar-refractivity contribution is 6.30. The monoisotopic (exact) mass is 341 g/mol. The zero-order valence-corrected chi connectivity index (χ0v) is 15.1. The van der Waals surface area contributed by atoms with Gasteiger partial charge in [0, 0.05) is 11.6 Å². The van der Waals surface area contributed by atoms with Crippen molar-refractivity contribution in [3.05, 3.63) is 71.3 Å². The molecule has 0 fully saturated rings. The number of amides is 1. The first-order chi connectivity index (χ1) is 11.6. The van der Waals surface area contributed by atoms with E-state index in [1.54, 1.807) is 0 Å². The summed E-state index contributed by atoms with van der Waals surface area (Å²) in [5, 5.41) is 3.56. The molecule has 126 valence electrons. The lowest BCUT2D eigenvalue weighted by Gasteiger charge is -2.19. The van der Waals surface area contributed by atoms with Crippen molar-refractivity contribution < 1.29 is 4.79 Å². The molecule has 0 aliphatic heterocycles. The molecule has 24 heavy (non-hydrogen) atoms. The van der Waals surface area contributed by atoms with E-state index in [2.05, 4.69) is 43.9 Å². The van der Waals surface area contributed by atoms with Gasteiger partial charge in [-0.3, -0.25) is 4.79 Å². The highest BCUT2D eigenvalue weighted by Gasteiger charge is 2.14. The number of hydrogen-bond donors (Lipinski definition) is 1. The molecule has 0 aliphatic carbocycles. The fourth-order valence-corrected chi connectivity index (χ4v) is 3.15. The van der Waals surface area contributed by atoms with Crippen molar-refractivity contribution in [2.45, 2.75) is 39.2 Å². The second-order valence-corrected chi connectivity index (χ2v) is 6.30. The van der Waals surface area contributed by atoms with Crippen molar-refractivity contribution in [1.29, 1.82) is 0 Å². The number of hydrogen-bond acceptors (Lipinski definition) is 1. The SMILES string of the molecule is C=CC(=O)NCc1cccc(-c2cc(Cl)ccc2C(CC)CC)c1. The third kappa shape index (κ3) is 4.48. The van der Waals surface area contributed by atoms with E-state index in [0.29, 0.717) is 12.5 Å². The molecule has 0 heterocycles. The first-order valence-electron chi connectivity index (χ1n) is 8.38. The highest BCUT2D eigenvalue weighted by Crippen LogP contribution is 2.35. The minimum atomic E-state index is -0.166. The third-order valence-electron chi connectivity index (χ3n) is 4.33. The van der Waals surface area contributed by atoms with Crippen molar-refractivity contribution in [1.82, 2.24) is 5.32 Å². The summed E-state index contributed by atoms with van der Waals surface area (Å²) in [6.07, 6.45) is 3.48. The number of nitrogens with one attached hydrogen (secondary N) is 1. The Bertz CT molecular complexity index is 720. The zero-order valence-electron chi connectivity index (χ0n) is 14.3. The minimum Gasteiger partial charge on any atom is -0.348 e. The van der Waals surface area contributed by atoms with E-state index in [4.69, 9.17) is 11.6 Å². The summed E-state index contributed by atoms with van der Waals surface area (Å²) in [4.78, 5) is 11.4. The molecule has 3 heteroatoms. The van der Waals surface area contributed by atoms with Crippen LogP contribution in [0.4, 0.5) is 0 Å². The Morgan fingerprint density at radius 2 is 1.96 bits per heavy atom. The van der Waals surface area contributed by atoms with Crippen molar-refractivity contribution in [2.75, 3.05) is 0 Å². The molecular formula is C21H24ClNO. The summed E-state index contributed by atoms with van der Waals surface area (Å²) in [5.74, 6) is 0.349. The number of halogens is 1. The van der Waals surface area contributed by atoms with E-state index in [1.807, 2.05) is 24.3 Å². The standard InChI is InChI=1S/C21H24ClNO/c1-4-16(5-2)19-11-10-18(22)13-20(19)17-9-7-8-15(12-17)14-23-21(24)6-3/h6-13,16H,3-5,14H2,1-2H3,(H,23,24). The van der Waals surface area contributed by atoms with E-state index >= 15 is 0 Å². The fraction of sp³-hybridized carbons (Fsp3) is 0.286. The zero-order chi connectivity index (χ0) is 17.5. The summed E-state index contributed by atoms with van der Waals surface area (Å²) in [5.41, 5.74) is 4.69. The van der Waals surface area contributed by atoms with Gasteiger partial charge in [0.25, 0.3) is 0 Å². The van der Waals surface area contributed by atoms with Crippen molar-refractivity contribution >= 4 is 17.5 Å². The van der Waals surface area contributed by atoms with Gasteiger partial charge in [-0.05, 0) is 65.3 Å². The van der Waals surface area contributed by atoms with Crippen LogP contribution >= 0.6 is 11.6 Å². The lowest BCUT2D eigenvalue weighted by molar-refractivity contribution is -0.116. The predicted molar refractivity (Wildman–Crippen MR) is 102 cm³/mol. The van der Waals surface area contributed by atoms with E-state index in [1.165, 1.54) is 17.2 Å². The summed E-state index contributed by atoms with van der Waals surface area (Å²) < 4.78 is 0. The summed E-state index contributed by atoms with van der Waals surface area (Å²) >= 11 is 6.25. The lowest BCUT2D eigenvalue weighted by Crippen LogP contribution is -2.19. The number of carbonyl (C=O) groups is 1. The molecular weight excluding hydrogens is 318 g/mol. The normalized spacial score (nSPS) is 10.7. The van der Waals surface area contributed by atoms with E-state index in [-0.39, 0.29) is 5.91 Å². The number of benzene rings is 2. The van der Waals surface area contributed by atoms with Crippen LogP contribution in [-0.4, -0.2) is 5.91 Å². The Balaban J connectivity index is 2.38. The van der Waals surface area contributed by atoms with Crippen molar-refractivity contribution in [2.24, 2.45) is 0 Å². The average Bonchev–Trinajstić information content (AvgIpc) is 2.62. The maximum atomic E-state index is 11.4. The van der Waals surface area contributed by atoms with Crippen LogP contribution in [0.1, 0.15) is 43.7 Å². The number of rotatable bonds is 7. The van der Waals surface area contributed by atoms with Gasteiger partial charge in [0.15, 0.2) is 0 Å². The first-order valence-corrected chi connectivity index (χ1v) is 8.75. The van der Waals surface area contributed by atoms with Crippen LogP contribution in [0.5, 0.6) is 0 Å². The molecule has 0 bridgehead atoms. The van der Waals surface area contributed by atoms with Crippen LogP contribution in [-0.2, 0) is 11.3 Å². The average molecular weight is 342 g/mol. The van der Waals surface area contributed by atoms with Crippen LogP contribution in [0, 0.1) is 0 Å². The maximum absolute atomic E-state index is 11.4. The molecule has 2 rings (SSSR count). The van der Waals surface area contributed by atoms with Gasteiger partial charge in [-0.25, -0.2) is 0 Å². The molecule has 0 aliphatic rings. The van der Waals surface area contributed by atoms with Gasteiger partial charge in [0.1, 0.15) is 0 Å². The Morgan fingerprint density at radius 3 is 2.62 bits per heavy atom. The van der Waals surface area contributed by atoms with Crippen LogP contribution in [0.15, 0.2) is 55.1 Å². The predicted octanol–water partition coefficient (Wildman–Crippen LogP) is 5.71. The molecule has 0 spiro atoms. The van der Waals surface area contributed by atoms with E-state index in [0.717, 1.165) is 29.0 Å². The highest BCUT2D eigenvalue weighted by atomic mass is 35.5. The van der Waals surface area contributed by atoms with Gasteiger partial charge >= 0.3 is 0 Å². The molecule has 0 radical (unpaired) electrons. The molecule has 0 unspecified atom stereocenters. The quantitative estimate of drug-likeness (QED) is 0.642. The molecule has 0 atom stereocenters. The smallest absolute Gasteiger partial charge is 0.243 e. The largest absolute Gasteiger partial charge is 0.348 e. The van der Waals surface area contributed by atoms with Crippen LogP contribution in [0.2, 0.25) is 5.02 Å². The summed E-state index contributed by atoms with van der Waals surface area (Å²) in [6, 6.07) is 14.4. The van der Waals surface area contributed by atoms with Crippen LogP contribution in [0.3, 0.4) is 0 Å². The molecule has 0 aromatic heterocycles. The first kappa shape index (κ1) is 18.3. The Labute approximate surface area is 149 Å². The van der Waals surface area contributed by atoms with E-state index in [9.17, 15) is 4.79 Å². The van der Waals surface area contributed by atoms with Gasteiger partial charge < -0.3 is 5.32 Å². The minimum absolute atomic E-state index is 0.166. The maximum Gasteiger partial charge on any atom is 0.243 e. The molecule has 1 amide bonds. The summed E-state index contributed by atoms with van der Waals surface area (Å²) in [6.45, 7) is 8.39. The second kappa shape index (κ2) is 8.70. The molecule has 0 saturated heterocycles. The Hall–Kier alpha value is -2.06. The Morgan fingerprint density at radius 1 is 1.21 bits per heavy atom. The number of carbonyl (C=O) groups excluding carboxylic acids is 1. The van der Waals surface area contributed by atoms with Gasteiger partial charge in [-0.15, -0.1) is 0 Å². The van der Waals surface area contributed by atoms with Gasteiger partial charge in [-0.2, -0.15) is 0 Å². The lowest BCUT2D eigenvalue weighted by atomic mass is 9.87.